The van der Waals surface area contributed by atoms with Gasteiger partial charge in [-0.25, -0.2) is 0 Å². The van der Waals surface area contributed by atoms with Gasteiger partial charge in [-0.05, 0) is 42.3 Å². The van der Waals surface area contributed by atoms with Gasteiger partial charge in [-0.1, -0.05) is 72.0 Å². The Balaban J connectivity index is 1.61. The predicted molar refractivity (Wildman–Crippen MR) is 126 cm³/mol. The molecule has 0 bridgehead atoms. The van der Waals surface area contributed by atoms with Crippen molar-refractivity contribution in [2.75, 3.05) is 11.9 Å². The number of phenols is 1. The van der Waals surface area contributed by atoms with Crippen LogP contribution in [0.2, 0.25) is 5.02 Å². The Bertz CT molecular complexity index is 1050. The summed E-state index contributed by atoms with van der Waals surface area (Å²) in [7, 11) is 0. The molecular weight excluding hydrogens is 440 g/mol. The number of thiocarbonyl (C=S) groups is 1. The quantitative estimate of drug-likeness (QED) is 0.352. The first kappa shape index (κ1) is 22.1. The highest BCUT2D eigenvalue weighted by molar-refractivity contribution is 8.26. The van der Waals surface area contributed by atoms with Crippen molar-refractivity contribution < 1.29 is 14.7 Å². The third-order valence-electron chi connectivity index (χ3n) is 4.22. The Morgan fingerprint density at radius 2 is 2.00 bits per heavy atom. The number of phenolic OH excluding ortho intramolecular Hbond substituents is 1. The molecule has 154 valence electrons. The van der Waals surface area contributed by atoms with Crippen LogP contribution in [-0.2, 0) is 9.59 Å². The van der Waals surface area contributed by atoms with Crippen molar-refractivity contribution in [2.24, 2.45) is 0 Å². The highest BCUT2D eigenvalue weighted by atomic mass is 35.5. The SMILES string of the molecule is CC(=Cc1ccccc1)C=C1SC(=S)N(CCC(=O)Nc2cc(Cl)ccc2O)C1=O. The minimum atomic E-state index is -0.356. The minimum Gasteiger partial charge on any atom is -0.506 e. The van der Waals surface area contributed by atoms with Crippen LogP contribution in [0.3, 0.4) is 0 Å². The van der Waals surface area contributed by atoms with Gasteiger partial charge in [-0.2, -0.15) is 0 Å². The molecule has 0 aromatic heterocycles. The van der Waals surface area contributed by atoms with Gasteiger partial charge in [-0.15, -0.1) is 0 Å². The fourth-order valence-electron chi connectivity index (χ4n) is 2.79. The molecule has 0 atom stereocenters. The second kappa shape index (κ2) is 9.93. The molecule has 2 aromatic rings. The van der Waals surface area contributed by atoms with Crippen molar-refractivity contribution in [3.05, 3.63) is 75.7 Å². The Morgan fingerprint density at radius 3 is 2.73 bits per heavy atom. The Labute approximate surface area is 189 Å². The maximum Gasteiger partial charge on any atom is 0.266 e. The summed E-state index contributed by atoms with van der Waals surface area (Å²) in [6, 6.07) is 14.2. The van der Waals surface area contributed by atoms with Crippen molar-refractivity contribution in [3.8, 4) is 5.75 Å². The van der Waals surface area contributed by atoms with Crippen LogP contribution in [0.5, 0.6) is 5.75 Å². The smallest absolute Gasteiger partial charge is 0.266 e. The van der Waals surface area contributed by atoms with E-state index >= 15 is 0 Å². The van der Waals surface area contributed by atoms with Crippen LogP contribution >= 0.6 is 35.6 Å². The van der Waals surface area contributed by atoms with Gasteiger partial charge in [0.1, 0.15) is 10.1 Å². The first-order valence-corrected chi connectivity index (χ1v) is 10.7. The lowest BCUT2D eigenvalue weighted by Crippen LogP contribution is -2.31. The number of anilines is 1. The molecule has 5 nitrogen and oxygen atoms in total. The summed E-state index contributed by atoms with van der Waals surface area (Å²) in [6.07, 6.45) is 3.82. The number of hydrogen-bond acceptors (Lipinski definition) is 5. The maximum atomic E-state index is 12.7. The number of carbonyl (C=O) groups is 2. The fraction of sp³-hybridized carbons (Fsp3) is 0.136. The number of allylic oxidation sites excluding steroid dienone is 2. The van der Waals surface area contributed by atoms with Gasteiger partial charge in [0, 0.05) is 18.0 Å². The van der Waals surface area contributed by atoms with E-state index in [2.05, 4.69) is 5.32 Å². The van der Waals surface area contributed by atoms with Gasteiger partial charge in [-0.3, -0.25) is 14.5 Å². The molecular formula is C22H19ClN2O3S2. The first-order valence-electron chi connectivity index (χ1n) is 9.10. The molecule has 2 N–H and O–H groups in total. The molecule has 2 aromatic carbocycles. The summed E-state index contributed by atoms with van der Waals surface area (Å²) >= 11 is 12.4. The average molecular weight is 459 g/mol. The number of benzene rings is 2. The Morgan fingerprint density at radius 1 is 1.27 bits per heavy atom. The predicted octanol–water partition coefficient (Wildman–Crippen LogP) is 5.22. The van der Waals surface area contributed by atoms with Crippen molar-refractivity contribution >= 4 is 63.5 Å². The zero-order chi connectivity index (χ0) is 21.7. The van der Waals surface area contributed by atoms with Crippen LogP contribution in [0.15, 0.2) is 65.1 Å². The number of nitrogens with one attached hydrogen (secondary N) is 1. The van der Waals surface area contributed by atoms with Crippen molar-refractivity contribution in [1.29, 1.82) is 0 Å². The van der Waals surface area contributed by atoms with E-state index in [1.54, 1.807) is 6.08 Å². The lowest BCUT2D eigenvalue weighted by molar-refractivity contribution is -0.122. The number of halogens is 1. The van der Waals surface area contributed by atoms with Gasteiger partial charge in [0.25, 0.3) is 5.91 Å². The van der Waals surface area contributed by atoms with E-state index in [-0.39, 0.29) is 36.2 Å². The highest BCUT2D eigenvalue weighted by Crippen LogP contribution is 2.32. The van der Waals surface area contributed by atoms with E-state index in [0.29, 0.717) is 14.2 Å². The molecule has 0 spiro atoms. The van der Waals surface area contributed by atoms with Crippen LogP contribution in [-0.4, -0.2) is 32.7 Å². The Hall–Kier alpha value is -2.61. The second-order valence-corrected chi connectivity index (χ2v) is 8.70. The van der Waals surface area contributed by atoms with Crippen LogP contribution < -0.4 is 5.32 Å². The topological polar surface area (TPSA) is 69.6 Å². The largest absolute Gasteiger partial charge is 0.506 e. The molecule has 0 saturated carbocycles. The average Bonchev–Trinajstić information content (AvgIpc) is 2.96. The number of aromatic hydroxyl groups is 1. The molecule has 1 aliphatic rings. The van der Waals surface area contributed by atoms with Gasteiger partial charge in [0.2, 0.25) is 5.91 Å². The van der Waals surface area contributed by atoms with Crippen molar-refractivity contribution in [3.63, 3.8) is 0 Å². The lowest BCUT2D eigenvalue weighted by Gasteiger charge is -2.14. The summed E-state index contributed by atoms with van der Waals surface area (Å²) in [5.74, 6) is -0.656. The molecule has 2 amide bonds. The normalized spacial score (nSPS) is 15.7. The van der Waals surface area contributed by atoms with Crippen LogP contribution in [0, 0.1) is 0 Å². The number of rotatable bonds is 6. The number of thioether (sulfide) groups is 1. The summed E-state index contributed by atoms with van der Waals surface area (Å²) < 4.78 is 0.414. The first-order chi connectivity index (χ1) is 14.3. The third kappa shape index (κ3) is 5.72. The van der Waals surface area contributed by atoms with E-state index in [9.17, 15) is 14.7 Å². The monoisotopic (exact) mass is 458 g/mol. The summed E-state index contributed by atoms with van der Waals surface area (Å²) in [5.41, 5.74) is 2.19. The summed E-state index contributed by atoms with van der Waals surface area (Å²) in [5, 5.41) is 12.8. The molecule has 0 unspecified atom stereocenters. The molecule has 30 heavy (non-hydrogen) atoms. The molecule has 1 saturated heterocycles. The zero-order valence-electron chi connectivity index (χ0n) is 16.1. The second-order valence-electron chi connectivity index (χ2n) is 6.59. The number of nitrogens with zero attached hydrogens (tertiary/aromatic N) is 1. The molecule has 0 aliphatic carbocycles. The van der Waals surface area contributed by atoms with Crippen LogP contribution in [0.1, 0.15) is 18.9 Å². The molecule has 1 fully saturated rings. The van der Waals surface area contributed by atoms with Gasteiger partial charge in [0.05, 0.1) is 10.6 Å². The molecule has 0 radical (unpaired) electrons. The van der Waals surface area contributed by atoms with Crippen molar-refractivity contribution in [2.45, 2.75) is 13.3 Å². The van der Waals surface area contributed by atoms with E-state index in [1.807, 2.05) is 43.3 Å². The van der Waals surface area contributed by atoms with Crippen LogP contribution in [0.4, 0.5) is 5.69 Å². The van der Waals surface area contributed by atoms with E-state index in [0.717, 1.165) is 11.1 Å². The highest BCUT2D eigenvalue weighted by Gasteiger charge is 2.32. The van der Waals surface area contributed by atoms with Gasteiger partial charge in [0.15, 0.2) is 0 Å². The number of hydrogen-bond donors (Lipinski definition) is 2. The number of carbonyl (C=O) groups excluding carboxylic acids is 2. The third-order valence-corrected chi connectivity index (χ3v) is 5.83. The van der Waals surface area contributed by atoms with E-state index in [1.165, 1.54) is 34.9 Å². The summed E-state index contributed by atoms with van der Waals surface area (Å²) in [6.45, 7) is 2.07. The fourth-order valence-corrected chi connectivity index (χ4v) is 4.32. The molecule has 3 rings (SSSR count). The van der Waals surface area contributed by atoms with Crippen molar-refractivity contribution in [1.82, 2.24) is 4.90 Å². The van der Waals surface area contributed by atoms with Gasteiger partial charge >= 0.3 is 0 Å². The molecule has 1 aliphatic heterocycles. The molecule has 8 heteroatoms. The molecule has 1 heterocycles. The standard InChI is InChI=1S/C22H19ClN2O3S2/c1-14(11-15-5-3-2-4-6-15)12-19-21(28)25(22(29)30-19)10-9-20(27)24-17-13-16(23)7-8-18(17)26/h2-8,11-13,26H,9-10H2,1H3,(H,24,27). The number of amides is 2. The van der Waals surface area contributed by atoms with Crippen LogP contribution in [0.25, 0.3) is 6.08 Å². The summed E-state index contributed by atoms with van der Waals surface area (Å²) in [4.78, 5) is 26.9. The minimum absolute atomic E-state index is 0.0323. The van der Waals surface area contributed by atoms with E-state index in [4.69, 9.17) is 23.8 Å². The van der Waals surface area contributed by atoms with E-state index < -0.39 is 0 Å². The zero-order valence-corrected chi connectivity index (χ0v) is 18.5. The lowest BCUT2D eigenvalue weighted by atomic mass is 10.1. The maximum absolute atomic E-state index is 12.7. The van der Waals surface area contributed by atoms with Gasteiger partial charge < -0.3 is 10.4 Å². The Kier molecular flexibility index (Phi) is 7.31.